The van der Waals surface area contributed by atoms with Gasteiger partial charge in [0.2, 0.25) is 0 Å². The van der Waals surface area contributed by atoms with E-state index in [9.17, 15) is 0 Å². The van der Waals surface area contributed by atoms with Gasteiger partial charge in [-0.2, -0.15) is 0 Å². The van der Waals surface area contributed by atoms with Crippen molar-refractivity contribution in [3.63, 3.8) is 0 Å². The Balaban J connectivity index is 2.42. The molecule has 0 aromatic carbocycles. The fourth-order valence-corrected chi connectivity index (χ4v) is 2.25. The zero-order valence-corrected chi connectivity index (χ0v) is 10.6. The van der Waals surface area contributed by atoms with Crippen molar-refractivity contribution >= 4 is 0 Å². The van der Waals surface area contributed by atoms with Crippen LogP contribution in [0.2, 0.25) is 0 Å². The highest BCUT2D eigenvalue weighted by atomic mass is 16.5. The van der Waals surface area contributed by atoms with E-state index in [4.69, 9.17) is 4.74 Å². The second-order valence-corrected chi connectivity index (χ2v) is 5.29. The lowest BCUT2D eigenvalue weighted by atomic mass is 9.92. The van der Waals surface area contributed by atoms with Gasteiger partial charge in [0.1, 0.15) is 0 Å². The van der Waals surface area contributed by atoms with Gasteiger partial charge in [-0.05, 0) is 30.8 Å². The fraction of sp³-hybridized carbons (Fsp3) is 0.786. The van der Waals surface area contributed by atoms with Gasteiger partial charge < -0.3 is 4.74 Å². The second kappa shape index (κ2) is 5.01. The summed E-state index contributed by atoms with van der Waals surface area (Å²) in [6.45, 7) is 10.6. The molecular formula is C14H24O. The first kappa shape index (κ1) is 12.5. The Bertz CT molecular complexity index is 261. The van der Waals surface area contributed by atoms with E-state index in [1.165, 1.54) is 18.4 Å². The topological polar surface area (TPSA) is 9.23 Å². The van der Waals surface area contributed by atoms with E-state index in [1.54, 1.807) is 7.11 Å². The molecule has 86 valence electrons. The SMILES string of the molecule is C=C=C(CCCC(C)C)C1(C)CC1OC. The lowest BCUT2D eigenvalue weighted by molar-refractivity contribution is 0.156. The first-order chi connectivity index (χ1) is 7.04. The van der Waals surface area contributed by atoms with Gasteiger partial charge in [0.15, 0.2) is 0 Å². The standard InChI is InChI=1S/C14H24O/c1-6-12(9-7-8-11(2)3)14(4)10-13(14)15-5/h11,13H,1,7-10H2,2-5H3. The van der Waals surface area contributed by atoms with Crippen LogP contribution in [-0.2, 0) is 4.74 Å². The molecule has 0 saturated heterocycles. The Morgan fingerprint density at radius 3 is 2.67 bits per heavy atom. The maximum atomic E-state index is 5.40. The van der Waals surface area contributed by atoms with Crippen molar-refractivity contribution in [2.45, 2.75) is 52.6 Å². The van der Waals surface area contributed by atoms with Gasteiger partial charge >= 0.3 is 0 Å². The van der Waals surface area contributed by atoms with Gasteiger partial charge in [-0.15, -0.1) is 5.73 Å². The van der Waals surface area contributed by atoms with Crippen LogP contribution >= 0.6 is 0 Å². The van der Waals surface area contributed by atoms with Crippen LogP contribution in [0.3, 0.4) is 0 Å². The summed E-state index contributed by atoms with van der Waals surface area (Å²) >= 11 is 0. The van der Waals surface area contributed by atoms with E-state index in [2.05, 4.69) is 33.1 Å². The van der Waals surface area contributed by atoms with Crippen LogP contribution in [-0.4, -0.2) is 13.2 Å². The largest absolute Gasteiger partial charge is 0.380 e. The first-order valence-electron chi connectivity index (χ1n) is 5.96. The predicted octanol–water partition coefficient (Wildman–Crippen LogP) is 3.95. The lowest BCUT2D eigenvalue weighted by Crippen LogP contribution is -2.07. The normalized spacial score (nSPS) is 29.0. The molecule has 1 heteroatoms. The van der Waals surface area contributed by atoms with E-state index in [1.807, 2.05) is 0 Å². The van der Waals surface area contributed by atoms with Gasteiger partial charge in [-0.3, -0.25) is 0 Å². The molecule has 15 heavy (non-hydrogen) atoms. The summed E-state index contributed by atoms with van der Waals surface area (Å²) in [5.74, 6) is 0.793. The van der Waals surface area contributed by atoms with Crippen molar-refractivity contribution in [1.82, 2.24) is 0 Å². The molecule has 1 saturated carbocycles. The number of ether oxygens (including phenoxy) is 1. The summed E-state index contributed by atoms with van der Waals surface area (Å²) in [6.07, 6.45) is 5.22. The van der Waals surface area contributed by atoms with E-state index >= 15 is 0 Å². The second-order valence-electron chi connectivity index (χ2n) is 5.29. The summed E-state index contributed by atoms with van der Waals surface area (Å²) in [5, 5.41) is 0. The maximum Gasteiger partial charge on any atom is 0.0678 e. The molecule has 1 aliphatic rings. The van der Waals surface area contributed by atoms with Crippen LogP contribution in [0, 0.1) is 11.3 Å². The van der Waals surface area contributed by atoms with Gasteiger partial charge in [0.25, 0.3) is 0 Å². The maximum absolute atomic E-state index is 5.40. The van der Waals surface area contributed by atoms with Crippen molar-refractivity contribution in [3.05, 3.63) is 17.9 Å². The molecule has 2 atom stereocenters. The minimum Gasteiger partial charge on any atom is -0.380 e. The van der Waals surface area contributed by atoms with Crippen LogP contribution < -0.4 is 0 Å². The summed E-state index contributed by atoms with van der Waals surface area (Å²) in [7, 11) is 1.80. The molecule has 0 aliphatic heterocycles. The van der Waals surface area contributed by atoms with Crippen LogP contribution in [0.5, 0.6) is 0 Å². The molecule has 0 aromatic rings. The molecule has 1 rings (SSSR count). The van der Waals surface area contributed by atoms with Crippen LogP contribution in [0.1, 0.15) is 46.5 Å². The average molecular weight is 208 g/mol. The van der Waals surface area contributed by atoms with E-state index in [-0.39, 0.29) is 5.41 Å². The molecule has 0 radical (unpaired) electrons. The molecule has 0 aromatic heterocycles. The third kappa shape index (κ3) is 2.96. The quantitative estimate of drug-likeness (QED) is 0.601. The smallest absolute Gasteiger partial charge is 0.0678 e. The Morgan fingerprint density at radius 1 is 1.60 bits per heavy atom. The van der Waals surface area contributed by atoms with E-state index in [0.717, 1.165) is 18.8 Å². The highest BCUT2D eigenvalue weighted by Crippen LogP contribution is 2.54. The van der Waals surface area contributed by atoms with Gasteiger partial charge in [0.05, 0.1) is 6.10 Å². The highest BCUT2D eigenvalue weighted by molar-refractivity contribution is 5.24. The fourth-order valence-electron chi connectivity index (χ4n) is 2.25. The van der Waals surface area contributed by atoms with E-state index < -0.39 is 0 Å². The summed E-state index contributed by atoms with van der Waals surface area (Å²) in [5.41, 5.74) is 4.74. The minimum absolute atomic E-state index is 0.244. The number of rotatable bonds is 6. The molecule has 1 aliphatic carbocycles. The Hall–Kier alpha value is -0.520. The zero-order valence-electron chi connectivity index (χ0n) is 10.6. The highest BCUT2D eigenvalue weighted by Gasteiger charge is 2.52. The molecule has 0 amide bonds. The van der Waals surface area contributed by atoms with E-state index in [0.29, 0.717) is 6.10 Å². The molecule has 0 N–H and O–H groups in total. The molecule has 2 unspecified atom stereocenters. The summed E-state index contributed by atoms with van der Waals surface area (Å²) < 4.78 is 5.40. The molecule has 0 bridgehead atoms. The first-order valence-corrected chi connectivity index (χ1v) is 5.96. The lowest BCUT2D eigenvalue weighted by Gasteiger charge is -2.14. The minimum atomic E-state index is 0.244. The average Bonchev–Trinajstić information content (AvgIpc) is 2.85. The molecule has 1 nitrogen and oxygen atoms in total. The Morgan fingerprint density at radius 2 is 2.27 bits per heavy atom. The van der Waals surface area contributed by atoms with Gasteiger partial charge in [-0.25, -0.2) is 0 Å². The van der Waals surface area contributed by atoms with Crippen molar-refractivity contribution in [2.75, 3.05) is 7.11 Å². The van der Waals surface area contributed by atoms with Crippen molar-refractivity contribution in [2.24, 2.45) is 11.3 Å². The van der Waals surface area contributed by atoms with Crippen LogP contribution in [0.4, 0.5) is 0 Å². The monoisotopic (exact) mass is 208 g/mol. The van der Waals surface area contributed by atoms with Crippen molar-refractivity contribution < 1.29 is 4.74 Å². The predicted molar refractivity (Wildman–Crippen MR) is 64.9 cm³/mol. The third-order valence-corrected chi connectivity index (χ3v) is 3.56. The molecule has 0 spiro atoms. The van der Waals surface area contributed by atoms with Crippen LogP contribution in [0.15, 0.2) is 17.9 Å². The number of methoxy groups -OCH3 is 1. The Labute approximate surface area is 94.2 Å². The van der Waals surface area contributed by atoms with Crippen molar-refractivity contribution in [3.8, 4) is 0 Å². The van der Waals surface area contributed by atoms with Gasteiger partial charge in [0, 0.05) is 12.5 Å². The molecular weight excluding hydrogens is 184 g/mol. The van der Waals surface area contributed by atoms with Gasteiger partial charge in [-0.1, -0.05) is 33.8 Å². The van der Waals surface area contributed by atoms with Crippen LogP contribution in [0.25, 0.3) is 0 Å². The third-order valence-electron chi connectivity index (χ3n) is 3.56. The molecule has 1 fully saturated rings. The Kier molecular flexibility index (Phi) is 4.19. The number of hydrogen-bond donors (Lipinski definition) is 0. The zero-order chi connectivity index (χ0) is 11.5. The summed E-state index contributed by atoms with van der Waals surface area (Å²) in [4.78, 5) is 0. The van der Waals surface area contributed by atoms with Crippen molar-refractivity contribution in [1.29, 1.82) is 0 Å². The molecule has 0 heterocycles. The summed E-state index contributed by atoms with van der Waals surface area (Å²) in [6, 6.07) is 0. The number of hydrogen-bond acceptors (Lipinski definition) is 1.